The van der Waals surface area contributed by atoms with Gasteiger partial charge in [0.25, 0.3) is 0 Å². The van der Waals surface area contributed by atoms with Gasteiger partial charge in [0.1, 0.15) is 262 Å². The van der Waals surface area contributed by atoms with Gasteiger partial charge in [-0.3, -0.25) is 33.6 Å². The van der Waals surface area contributed by atoms with E-state index in [1.54, 1.807) is 0 Å². The standard InChI is InChI=1S/C81H135N7O55/c1-20-39(82-21(2)99)67(139-75-43(86-25(6)103)56(116)64(35(16-96)132-75)136-81-62(122)71(51(111)33(14-94)130-81)143-77-45(88-27(8)105)58(118)66(37(18-98)134-77)138-80-60(120)69(49(109)31(12-92)129-80)141-74-41(84-23(4)101)54(114)47(107)29(10-90)126-74)52(112)38(124-20)19-123-72-42(85-24(5)102)55(115)63(34(15-95)131-72)135-78-61(121)70(50(110)32(13-93)127-78)142-76-44(87-26(7)104)57(117)65(36(17-97)133-76)137-79-59(119)68(48(108)30(11-91)128-79)140-73-40(83-22(3)100)53(113)46(106)28(9-89)125-73/h20,28-81,89-98,106-122H,9-19H2,1-8H3,(H,82,99)(H,83,100)(H,84,101)(H,85,102)(H,86,103)(H,87,104)(H,88,105)/t20?,28?,29?,30?,31?,32?,33?,34?,35?,36?,37?,38?,39?,40?,41?,42?,43?,44?,45?,46-,47-,48-,49-,50-,51-,52-,53+,54+,55+,56+,57+,58+,59?,60?,61?,62?,63-,64-,65-,66-,67+,68-,69-,70-,71-,72+,73-,74-,75-,76-,77-,78-,79-,80-,81-/m0/s1. The van der Waals surface area contributed by atoms with E-state index in [1.165, 1.54) is 6.92 Å². The molecule has 11 saturated heterocycles. The van der Waals surface area contributed by atoms with Crippen LogP contribution in [0.25, 0.3) is 0 Å². The second-order valence-electron chi connectivity index (χ2n) is 36.3. The Morgan fingerprint density at radius 2 is 0.364 bits per heavy atom. The van der Waals surface area contributed by atoms with Crippen LogP contribution in [0.5, 0.6) is 0 Å². The highest BCUT2D eigenvalue weighted by Crippen LogP contribution is 2.42. The zero-order valence-electron chi connectivity index (χ0n) is 78.0. The summed E-state index contributed by atoms with van der Waals surface area (Å²) in [5.41, 5.74) is 0. The highest BCUT2D eigenvalue weighted by atomic mass is 16.8. The van der Waals surface area contributed by atoms with Gasteiger partial charge >= 0.3 is 0 Å². The minimum Gasteiger partial charge on any atom is -0.394 e. The third-order valence-corrected chi connectivity index (χ3v) is 26.1. The minimum atomic E-state index is -2.37. The van der Waals surface area contributed by atoms with Crippen molar-refractivity contribution in [2.24, 2.45) is 0 Å². The quantitative estimate of drug-likeness (QED) is 0.0273. The smallest absolute Gasteiger partial charge is 0.217 e. The van der Waals surface area contributed by atoms with Crippen molar-refractivity contribution in [1.82, 2.24) is 37.2 Å². The average molecular weight is 2090 g/mol. The largest absolute Gasteiger partial charge is 0.394 e. The third kappa shape index (κ3) is 26.8. The summed E-state index contributed by atoms with van der Waals surface area (Å²) in [7, 11) is 0. The summed E-state index contributed by atoms with van der Waals surface area (Å²) in [6, 6.07) is -12.3. The van der Waals surface area contributed by atoms with Crippen molar-refractivity contribution < 1.29 is 271 Å². The van der Waals surface area contributed by atoms with Gasteiger partial charge < -0.3 is 275 Å². The molecule has 11 aliphatic rings. The molecule has 143 heavy (non-hydrogen) atoms. The van der Waals surface area contributed by atoms with Crippen molar-refractivity contribution >= 4 is 41.4 Å². The zero-order chi connectivity index (χ0) is 105. The maximum atomic E-state index is 13.2. The van der Waals surface area contributed by atoms with E-state index in [4.69, 9.17) is 99.5 Å². The zero-order valence-corrected chi connectivity index (χ0v) is 78.0. The van der Waals surface area contributed by atoms with E-state index < -0.39 is 451 Å². The average Bonchev–Trinajstić information content (AvgIpc) is 0.763. The molecule has 62 heteroatoms. The number of hydrogen-bond donors (Lipinski definition) is 34. The molecule has 824 valence electrons. The van der Waals surface area contributed by atoms with E-state index >= 15 is 0 Å². The van der Waals surface area contributed by atoms with Crippen LogP contribution in [0.15, 0.2) is 0 Å². The van der Waals surface area contributed by atoms with E-state index in [0.717, 1.165) is 48.5 Å². The molecule has 11 aliphatic heterocycles. The first-order valence-corrected chi connectivity index (χ1v) is 45.9. The van der Waals surface area contributed by atoms with Crippen molar-refractivity contribution in [3.8, 4) is 0 Å². The summed E-state index contributed by atoms with van der Waals surface area (Å²) in [4.78, 5) is 89.8. The molecule has 23 unspecified atom stereocenters. The van der Waals surface area contributed by atoms with E-state index in [2.05, 4.69) is 37.2 Å². The number of nitrogens with one attached hydrogen (secondary N) is 7. The van der Waals surface area contributed by atoms with Crippen molar-refractivity contribution in [3.05, 3.63) is 0 Å². The molecule has 0 radical (unpaired) electrons. The second-order valence-corrected chi connectivity index (χ2v) is 36.3. The predicted molar refractivity (Wildman–Crippen MR) is 447 cm³/mol. The molecule has 0 aromatic heterocycles. The number of aliphatic hydroxyl groups excluding tert-OH is 27. The summed E-state index contributed by atoms with van der Waals surface area (Å²) in [5, 5.41) is 321. The SMILES string of the molecule is CC(=O)NC1[C@H](O[C@@H]2C(O)[C@H](O[C@H]3C(CO)O[C@@H](O[C@@H]4C(O)[C@H](O[C@H]5C(CO)O[C@@H](OCC6OC(C)C(NC(C)=O)[C@@H](O[C@@H]7OC(CO)[C@H](O[C@@H]8OC(CO)[C@H](O)[C@H](O[C@@H]9OC(CO)[C@H](O[C@@H]%10OC(CO)[C@H](O)[C@H](O[C@@H]%11OC(CO)[C@H](O)[C@H](O)C%11NC(C)=O)C%10O)[C@H](O)C9NC(C)=O)C8O)[C@H](O)C7NC(C)=O)[C@H]6O)C(NC(C)=O)[C@H]5O)OC(CO)[C@@H]4O)C(NC(C)=O)[C@H]3O)OC(CO)[C@@H]2O)OC(CO)[C@H](O)[C@@H]1O. The third-order valence-electron chi connectivity index (χ3n) is 26.1. The maximum absolute atomic E-state index is 13.2. The molecule has 0 aromatic rings. The molecule has 0 bridgehead atoms. The Kier molecular flexibility index (Phi) is 42.7. The molecule has 0 aromatic carbocycles. The molecule has 7 amide bonds. The lowest BCUT2D eigenvalue weighted by molar-refractivity contribution is -0.384. The Bertz CT molecular complexity index is 4050. The monoisotopic (exact) mass is 2090 g/mol. The molecule has 34 N–H and O–H groups in total. The molecular formula is C81H135N7O55. The van der Waals surface area contributed by atoms with Crippen molar-refractivity contribution in [3.63, 3.8) is 0 Å². The number of rotatable bonds is 38. The fourth-order valence-corrected chi connectivity index (χ4v) is 18.9. The van der Waals surface area contributed by atoms with E-state index in [1.807, 2.05) is 0 Å². The van der Waals surface area contributed by atoms with Gasteiger partial charge in [-0.05, 0) is 6.92 Å². The van der Waals surface area contributed by atoms with Gasteiger partial charge in [0.15, 0.2) is 62.9 Å². The van der Waals surface area contributed by atoms with E-state index in [0.29, 0.717) is 0 Å². The fourth-order valence-electron chi connectivity index (χ4n) is 18.9. The Morgan fingerprint density at radius 1 is 0.189 bits per heavy atom. The predicted octanol–water partition coefficient (Wildman–Crippen LogP) is -22.9. The van der Waals surface area contributed by atoms with E-state index in [9.17, 15) is 171 Å². The van der Waals surface area contributed by atoms with Crippen LogP contribution in [0.4, 0.5) is 0 Å². The van der Waals surface area contributed by atoms with Crippen LogP contribution in [0.3, 0.4) is 0 Å². The molecule has 55 atom stereocenters. The fraction of sp³-hybridized carbons (Fsp3) is 0.914. The lowest BCUT2D eigenvalue weighted by Gasteiger charge is -2.51. The lowest BCUT2D eigenvalue weighted by atomic mass is 9.92. The van der Waals surface area contributed by atoms with Crippen molar-refractivity contribution in [2.45, 2.75) is 393 Å². The number of hydrogen-bond acceptors (Lipinski definition) is 55. The van der Waals surface area contributed by atoms with E-state index in [-0.39, 0.29) is 0 Å². The molecule has 62 nitrogen and oxygen atoms in total. The van der Waals surface area contributed by atoms with Crippen LogP contribution in [0, 0.1) is 0 Å². The molecule has 0 spiro atoms. The normalized spacial score (nSPS) is 47.3. The van der Waals surface area contributed by atoms with Gasteiger partial charge in [-0.15, -0.1) is 0 Å². The molecule has 0 saturated carbocycles. The van der Waals surface area contributed by atoms with Crippen LogP contribution in [0.1, 0.15) is 55.4 Å². The molecule has 11 heterocycles. The summed E-state index contributed by atoms with van der Waals surface area (Å²) >= 11 is 0. The second kappa shape index (κ2) is 51.9. The van der Waals surface area contributed by atoms with Gasteiger partial charge in [0, 0.05) is 48.5 Å². The summed E-state index contributed by atoms with van der Waals surface area (Å²) < 4.78 is 125. The summed E-state index contributed by atoms with van der Waals surface area (Å²) in [5.74, 6) is -6.06. The lowest BCUT2D eigenvalue weighted by Crippen LogP contribution is -2.71. The Morgan fingerprint density at radius 3 is 0.594 bits per heavy atom. The van der Waals surface area contributed by atoms with Gasteiger partial charge in [0.2, 0.25) is 41.4 Å². The molecule has 0 aliphatic carbocycles. The highest BCUT2D eigenvalue weighted by molar-refractivity contribution is 5.75. The Hall–Kier alpha value is -5.63. The van der Waals surface area contributed by atoms with Crippen LogP contribution in [-0.2, 0) is 133 Å². The molecule has 11 fully saturated rings. The van der Waals surface area contributed by atoms with Gasteiger partial charge in [0.05, 0.1) is 84.8 Å². The summed E-state index contributed by atoms with van der Waals surface area (Å²) in [6.45, 7) is -3.34. The maximum Gasteiger partial charge on any atom is 0.217 e. The first kappa shape index (κ1) is 118. The van der Waals surface area contributed by atoms with Crippen LogP contribution >= 0.6 is 0 Å². The highest BCUT2D eigenvalue weighted by Gasteiger charge is 2.63. The van der Waals surface area contributed by atoms with Crippen LogP contribution < -0.4 is 37.2 Å². The first-order valence-electron chi connectivity index (χ1n) is 45.9. The van der Waals surface area contributed by atoms with Gasteiger partial charge in [-0.25, -0.2) is 0 Å². The van der Waals surface area contributed by atoms with Gasteiger partial charge in [-0.1, -0.05) is 0 Å². The number of carbonyl (C=O) groups excluding carboxylic acids is 7. The topological polar surface area (TPSA) is 944 Å². The Labute approximate surface area is 812 Å². The number of amides is 7. The Balaban J connectivity index is 0.759. The van der Waals surface area contributed by atoms with Gasteiger partial charge in [-0.2, -0.15) is 0 Å². The van der Waals surface area contributed by atoms with Crippen LogP contribution in [-0.4, -0.2) is 589 Å². The van der Waals surface area contributed by atoms with Crippen LogP contribution in [0.2, 0.25) is 0 Å². The number of aliphatic hydroxyl groups is 27. The first-order chi connectivity index (χ1) is 67.7. The number of carbonyl (C=O) groups is 7. The molecule has 11 rings (SSSR count). The van der Waals surface area contributed by atoms with Crippen molar-refractivity contribution in [2.75, 3.05) is 72.7 Å². The van der Waals surface area contributed by atoms with Crippen molar-refractivity contribution in [1.29, 1.82) is 0 Å². The minimum absolute atomic E-state index is 0.769. The summed E-state index contributed by atoms with van der Waals surface area (Å²) in [6.07, 6.45) is -95.2. The molecular weight excluding hydrogens is 1950 g/mol. The number of ether oxygens (including phenoxy) is 21.